The van der Waals surface area contributed by atoms with Gasteiger partial charge in [0.15, 0.2) is 0 Å². The summed E-state index contributed by atoms with van der Waals surface area (Å²) in [5, 5.41) is 8.85. The Hall–Kier alpha value is 0.270. The first-order valence-corrected chi connectivity index (χ1v) is 5.96. The highest BCUT2D eigenvalue weighted by Crippen LogP contribution is 2.21. The lowest BCUT2D eigenvalue weighted by atomic mass is 10.1. The van der Waals surface area contributed by atoms with E-state index < -0.39 is 0 Å². The highest BCUT2D eigenvalue weighted by molar-refractivity contribution is 7.99. The minimum Gasteiger partial charge on any atom is -0.395 e. The third kappa shape index (κ3) is 2.96. The molecule has 1 fully saturated rings. The summed E-state index contributed by atoms with van der Waals surface area (Å²) in [6.45, 7) is 4.41. The topological polar surface area (TPSA) is 23.5 Å². The summed E-state index contributed by atoms with van der Waals surface area (Å²) in [6.07, 6.45) is 2.61. The van der Waals surface area contributed by atoms with Crippen LogP contribution in [0.5, 0.6) is 0 Å². The van der Waals surface area contributed by atoms with Gasteiger partial charge in [-0.15, -0.1) is 0 Å². The number of rotatable bonds is 4. The summed E-state index contributed by atoms with van der Waals surface area (Å²) in [5.41, 5.74) is 0. The normalized spacial score (nSPS) is 20.2. The van der Waals surface area contributed by atoms with Crippen molar-refractivity contribution in [3.8, 4) is 0 Å². The van der Waals surface area contributed by atoms with Crippen molar-refractivity contribution in [1.29, 1.82) is 0 Å². The van der Waals surface area contributed by atoms with Crippen molar-refractivity contribution >= 4 is 11.8 Å². The fourth-order valence-corrected chi connectivity index (χ4v) is 2.86. The number of thioether (sulfide) groups is 1. The molecule has 0 amide bonds. The fourth-order valence-electron chi connectivity index (χ4n) is 1.78. The average molecular weight is 189 g/mol. The molecule has 3 heteroatoms. The van der Waals surface area contributed by atoms with Gasteiger partial charge in [0.1, 0.15) is 0 Å². The molecule has 0 aromatic heterocycles. The first-order chi connectivity index (χ1) is 5.88. The molecule has 0 bridgehead atoms. The summed E-state index contributed by atoms with van der Waals surface area (Å²) in [5.74, 6) is 2.60. The van der Waals surface area contributed by atoms with E-state index in [0.717, 1.165) is 19.1 Å². The molecule has 1 heterocycles. The minimum atomic E-state index is 0.303. The molecule has 0 aliphatic carbocycles. The smallest absolute Gasteiger partial charge is 0.0558 e. The second kappa shape index (κ2) is 5.84. The number of aliphatic hydroxyl groups excluding tert-OH is 1. The van der Waals surface area contributed by atoms with E-state index >= 15 is 0 Å². The molecule has 12 heavy (non-hydrogen) atoms. The van der Waals surface area contributed by atoms with Gasteiger partial charge in [-0.2, -0.15) is 11.8 Å². The molecular formula is C9H19NOS. The highest BCUT2D eigenvalue weighted by atomic mass is 32.2. The Bertz CT molecular complexity index is 112. The van der Waals surface area contributed by atoms with Crippen molar-refractivity contribution in [2.75, 3.05) is 31.2 Å². The van der Waals surface area contributed by atoms with Crippen LogP contribution in [0.4, 0.5) is 0 Å². The standard InChI is InChI=1S/C9H19NOS/c1-2-10(5-6-11)9-3-7-12-8-4-9/h9,11H,2-8H2,1H3. The van der Waals surface area contributed by atoms with Crippen LogP contribution >= 0.6 is 11.8 Å². The van der Waals surface area contributed by atoms with Gasteiger partial charge in [-0.3, -0.25) is 4.90 Å². The third-order valence-electron chi connectivity index (χ3n) is 2.50. The molecule has 0 unspecified atom stereocenters. The molecule has 0 aromatic rings. The summed E-state index contributed by atoms with van der Waals surface area (Å²) in [6, 6.07) is 0.739. The largest absolute Gasteiger partial charge is 0.395 e. The molecule has 1 N–H and O–H groups in total. The van der Waals surface area contributed by atoms with Gasteiger partial charge in [-0.1, -0.05) is 6.92 Å². The Labute approximate surface area is 79.3 Å². The molecule has 1 aliphatic rings. The Kier molecular flexibility index (Phi) is 5.04. The van der Waals surface area contributed by atoms with E-state index in [1.54, 1.807) is 0 Å². The molecule has 0 spiro atoms. The predicted molar refractivity (Wildman–Crippen MR) is 54.7 cm³/mol. The van der Waals surface area contributed by atoms with Crippen LogP contribution in [0.2, 0.25) is 0 Å². The van der Waals surface area contributed by atoms with Crippen LogP contribution in [0.25, 0.3) is 0 Å². The lowest BCUT2D eigenvalue weighted by molar-refractivity contribution is 0.150. The molecule has 0 radical (unpaired) electrons. The van der Waals surface area contributed by atoms with Crippen LogP contribution < -0.4 is 0 Å². The lowest BCUT2D eigenvalue weighted by Gasteiger charge is -2.32. The van der Waals surface area contributed by atoms with Crippen LogP contribution in [0.1, 0.15) is 19.8 Å². The zero-order valence-electron chi connectivity index (χ0n) is 7.83. The van der Waals surface area contributed by atoms with Gasteiger partial charge < -0.3 is 5.11 Å². The van der Waals surface area contributed by atoms with Crippen LogP contribution in [-0.4, -0.2) is 47.3 Å². The van der Waals surface area contributed by atoms with E-state index in [0.29, 0.717) is 6.61 Å². The van der Waals surface area contributed by atoms with Crippen molar-refractivity contribution < 1.29 is 5.11 Å². The first-order valence-electron chi connectivity index (χ1n) is 4.81. The van der Waals surface area contributed by atoms with E-state index in [9.17, 15) is 0 Å². The zero-order valence-corrected chi connectivity index (χ0v) is 8.65. The number of hydrogen-bond acceptors (Lipinski definition) is 3. The van der Waals surface area contributed by atoms with Crippen LogP contribution in [0, 0.1) is 0 Å². The number of likely N-dealkylation sites (N-methyl/N-ethyl adjacent to an activating group) is 1. The Morgan fingerprint density at radius 2 is 2.08 bits per heavy atom. The van der Waals surface area contributed by atoms with E-state index in [2.05, 4.69) is 23.6 Å². The van der Waals surface area contributed by atoms with Gasteiger partial charge in [0.05, 0.1) is 6.61 Å². The first kappa shape index (κ1) is 10.4. The summed E-state index contributed by atoms with van der Waals surface area (Å²) in [4.78, 5) is 2.40. The molecule has 0 aromatic carbocycles. The Morgan fingerprint density at radius 3 is 2.58 bits per heavy atom. The van der Waals surface area contributed by atoms with Gasteiger partial charge in [0, 0.05) is 12.6 Å². The monoisotopic (exact) mass is 189 g/mol. The average Bonchev–Trinajstić information content (AvgIpc) is 2.15. The third-order valence-corrected chi connectivity index (χ3v) is 3.55. The van der Waals surface area contributed by atoms with Crippen LogP contribution in [0.3, 0.4) is 0 Å². The molecule has 0 atom stereocenters. The molecule has 2 nitrogen and oxygen atoms in total. The van der Waals surface area contributed by atoms with Crippen LogP contribution in [0.15, 0.2) is 0 Å². The maximum absolute atomic E-state index is 8.85. The van der Waals surface area contributed by atoms with Crippen molar-refractivity contribution in [1.82, 2.24) is 4.90 Å². The zero-order chi connectivity index (χ0) is 8.81. The quantitative estimate of drug-likeness (QED) is 0.719. The van der Waals surface area contributed by atoms with Gasteiger partial charge in [0.2, 0.25) is 0 Å². The van der Waals surface area contributed by atoms with Gasteiger partial charge in [-0.25, -0.2) is 0 Å². The van der Waals surface area contributed by atoms with Crippen molar-refractivity contribution in [3.63, 3.8) is 0 Å². The number of nitrogens with zero attached hydrogens (tertiary/aromatic N) is 1. The summed E-state index contributed by atoms with van der Waals surface area (Å²) < 4.78 is 0. The second-order valence-corrected chi connectivity index (χ2v) is 4.42. The van der Waals surface area contributed by atoms with Crippen LogP contribution in [-0.2, 0) is 0 Å². The van der Waals surface area contributed by atoms with Crippen molar-refractivity contribution in [3.05, 3.63) is 0 Å². The summed E-state index contributed by atoms with van der Waals surface area (Å²) >= 11 is 2.06. The van der Waals surface area contributed by atoms with Crippen molar-refractivity contribution in [2.45, 2.75) is 25.8 Å². The molecule has 1 rings (SSSR count). The van der Waals surface area contributed by atoms with Crippen molar-refractivity contribution in [2.24, 2.45) is 0 Å². The molecular weight excluding hydrogens is 170 g/mol. The summed E-state index contributed by atoms with van der Waals surface area (Å²) in [7, 11) is 0. The minimum absolute atomic E-state index is 0.303. The maximum atomic E-state index is 8.85. The highest BCUT2D eigenvalue weighted by Gasteiger charge is 2.18. The molecule has 1 aliphatic heterocycles. The van der Waals surface area contributed by atoms with E-state index in [1.165, 1.54) is 24.3 Å². The molecule has 1 saturated heterocycles. The SMILES string of the molecule is CCN(CCO)C1CCSCC1. The van der Waals surface area contributed by atoms with Gasteiger partial charge in [0.25, 0.3) is 0 Å². The van der Waals surface area contributed by atoms with E-state index in [1.807, 2.05) is 0 Å². The Morgan fingerprint density at radius 1 is 1.42 bits per heavy atom. The van der Waals surface area contributed by atoms with Gasteiger partial charge in [-0.05, 0) is 30.9 Å². The lowest BCUT2D eigenvalue weighted by Crippen LogP contribution is -2.39. The van der Waals surface area contributed by atoms with Gasteiger partial charge >= 0.3 is 0 Å². The molecule has 72 valence electrons. The maximum Gasteiger partial charge on any atom is 0.0558 e. The van der Waals surface area contributed by atoms with E-state index in [-0.39, 0.29) is 0 Å². The van der Waals surface area contributed by atoms with E-state index in [4.69, 9.17) is 5.11 Å². The molecule has 0 saturated carbocycles. The Balaban J connectivity index is 2.29. The number of aliphatic hydroxyl groups is 1. The fraction of sp³-hybridized carbons (Fsp3) is 1.00. The second-order valence-electron chi connectivity index (χ2n) is 3.20. The predicted octanol–water partition coefficient (Wildman–Crippen LogP) is 1.20. The number of hydrogen-bond donors (Lipinski definition) is 1.